The smallest absolute Gasteiger partial charge is 0.407 e. The predicted octanol–water partition coefficient (Wildman–Crippen LogP) is 1.96. The number of hydrogen-bond acceptors (Lipinski definition) is 3. The maximum absolute atomic E-state index is 13.9. The van der Waals surface area contributed by atoms with Gasteiger partial charge in [0.25, 0.3) is 0 Å². The molecule has 0 bridgehead atoms. The minimum absolute atomic E-state index is 0.0180. The van der Waals surface area contributed by atoms with Crippen molar-refractivity contribution in [3.63, 3.8) is 0 Å². The first kappa shape index (κ1) is 16.2. The number of nitrogens with zero attached hydrogens (tertiary/aromatic N) is 2. The van der Waals surface area contributed by atoms with Crippen LogP contribution < -0.4 is 0 Å². The van der Waals surface area contributed by atoms with Crippen molar-refractivity contribution in [2.24, 2.45) is 0 Å². The van der Waals surface area contributed by atoms with Gasteiger partial charge in [-0.3, -0.25) is 0 Å². The van der Waals surface area contributed by atoms with Crippen molar-refractivity contribution in [3.8, 4) is 0 Å². The van der Waals surface area contributed by atoms with Gasteiger partial charge < -0.3 is 10.0 Å². The van der Waals surface area contributed by atoms with Crippen LogP contribution in [0.4, 0.5) is 9.18 Å². The average Bonchev–Trinajstić information content (AvgIpc) is 2.64. The second-order valence-electron chi connectivity index (χ2n) is 4.60. The van der Waals surface area contributed by atoms with Crippen molar-refractivity contribution in [1.82, 2.24) is 9.21 Å². The SMILES string of the molecule is O=C(O)N1CCCN(S(=O)(=O)c2ccc(Br)cc2F)CC1. The van der Waals surface area contributed by atoms with Crippen LogP contribution in [0.5, 0.6) is 0 Å². The van der Waals surface area contributed by atoms with Gasteiger partial charge in [-0.1, -0.05) is 15.9 Å². The first-order chi connectivity index (χ1) is 9.82. The Balaban J connectivity index is 2.25. The van der Waals surface area contributed by atoms with E-state index < -0.39 is 26.8 Å². The minimum atomic E-state index is -3.96. The molecule has 2 rings (SSSR count). The van der Waals surface area contributed by atoms with Gasteiger partial charge in [-0.15, -0.1) is 0 Å². The van der Waals surface area contributed by atoms with Gasteiger partial charge in [-0.25, -0.2) is 17.6 Å². The molecule has 1 heterocycles. The summed E-state index contributed by atoms with van der Waals surface area (Å²) in [5.41, 5.74) is 0. The Labute approximate surface area is 130 Å². The van der Waals surface area contributed by atoms with Gasteiger partial charge in [0.15, 0.2) is 0 Å². The minimum Gasteiger partial charge on any atom is -0.465 e. The number of amides is 1. The molecule has 1 amide bonds. The standard InChI is InChI=1S/C12H14BrFN2O4S/c13-9-2-3-11(10(14)8-9)21(19,20)16-5-1-4-15(6-7-16)12(17)18/h2-3,8H,1,4-7H2,(H,17,18). The number of carbonyl (C=O) groups is 1. The van der Waals surface area contributed by atoms with Crippen molar-refractivity contribution in [3.05, 3.63) is 28.5 Å². The molecule has 0 saturated carbocycles. The molecule has 0 aromatic heterocycles. The summed E-state index contributed by atoms with van der Waals surface area (Å²) in [4.78, 5) is 11.7. The normalized spacial score (nSPS) is 17.5. The molecule has 1 aliphatic heterocycles. The highest BCUT2D eigenvalue weighted by atomic mass is 79.9. The number of hydrogen-bond donors (Lipinski definition) is 1. The van der Waals surface area contributed by atoms with Gasteiger partial charge >= 0.3 is 6.09 Å². The van der Waals surface area contributed by atoms with Crippen molar-refractivity contribution < 1.29 is 22.7 Å². The van der Waals surface area contributed by atoms with Gasteiger partial charge in [-0.2, -0.15) is 4.31 Å². The lowest BCUT2D eigenvalue weighted by Crippen LogP contribution is -2.37. The van der Waals surface area contributed by atoms with E-state index in [0.29, 0.717) is 10.9 Å². The zero-order valence-electron chi connectivity index (χ0n) is 11.0. The Bertz CT molecular complexity index is 653. The average molecular weight is 381 g/mol. The third kappa shape index (κ3) is 3.53. The fourth-order valence-electron chi connectivity index (χ4n) is 2.15. The summed E-state index contributed by atoms with van der Waals surface area (Å²) in [6.45, 7) is 0.530. The highest BCUT2D eigenvalue weighted by Gasteiger charge is 2.30. The fourth-order valence-corrected chi connectivity index (χ4v) is 4.00. The van der Waals surface area contributed by atoms with Crippen LogP contribution in [0, 0.1) is 5.82 Å². The topological polar surface area (TPSA) is 77.9 Å². The molecular weight excluding hydrogens is 367 g/mol. The van der Waals surface area contributed by atoms with Crippen LogP contribution in [0.25, 0.3) is 0 Å². The monoisotopic (exact) mass is 380 g/mol. The van der Waals surface area contributed by atoms with Crippen LogP contribution in [-0.2, 0) is 10.0 Å². The van der Waals surface area contributed by atoms with Gasteiger partial charge in [0.1, 0.15) is 10.7 Å². The van der Waals surface area contributed by atoms with Crippen LogP contribution in [0.1, 0.15) is 6.42 Å². The van der Waals surface area contributed by atoms with Gasteiger partial charge in [0, 0.05) is 30.7 Å². The van der Waals surface area contributed by atoms with Crippen LogP contribution in [0.2, 0.25) is 0 Å². The molecule has 1 aromatic rings. The Kier molecular flexibility index (Phi) is 4.84. The molecule has 21 heavy (non-hydrogen) atoms. The largest absolute Gasteiger partial charge is 0.465 e. The molecule has 116 valence electrons. The summed E-state index contributed by atoms with van der Waals surface area (Å²) in [5, 5.41) is 8.94. The van der Waals surface area contributed by atoms with E-state index in [0.717, 1.165) is 15.3 Å². The molecule has 0 atom stereocenters. The van der Waals surface area contributed by atoms with E-state index >= 15 is 0 Å². The van der Waals surface area contributed by atoms with E-state index in [4.69, 9.17) is 5.11 Å². The summed E-state index contributed by atoms with van der Waals surface area (Å²) in [6.07, 6.45) is -0.701. The Morgan fingerprint density at radius 1 is 1.24 bits per heavy atom. The highest BCUT2D eigenvalue weighted by Crippen LogP contribution is 2.23. The Hall–Kier alpha value is -1.19. The first-order valence-electron chi connectivity index (χ1n) is 6.25. The van der Waals surface area contributed by atoms with E-state index in [2.05, 4.69) is 15.9 Å². The molecule has 0 spiro atoms. The molecule has 6 nitrogen and oxygen atoms in total. The quantitative estimate of drug-likeness (QED) is 0.850. The molecule has 1 N–H and O–H groups in total. The zero-order chi connectivity index (χ0) is 15.6. The summed E-state index contributed by atoms with van der Waals surface area (Å²) in [5.74, 6) is -0.830. The first-order valence-corrected chi connectivity index (χ1v) is 8.49. The van der Waals surface area contributed by atoms with Crippen LogP contribution in [-0.4, -0.2) is 55.0 Å². The van der Waals surface area contributed by atoms with Crippen molar-refractivity contribution in [2.75, 3.05) is 26.2 Å². The van der Waals surface area contributed by atoms with Crippen molar-refractivity contribution in [1.29, 1.82) is 0 Å². The number of sulfonamides is 1. The Morgan fingerprint density at radius 2 is 1.95 bits per heavy atom. The summed E-state index contributed by atoms with van der Waals surface area (Å²) in [6, 6.07) is 3.75. The summed E-state index contributed by atoms with van der Waals surface area (Å²) < 4.78 is 40.4. The maximum Gasteiger partial charge on any atom is 0.407 e. The molecule has 1 aliphatic rings. The molecule has 0 unspecified atom stereocenters. The zero-order valence-corrected chi connectivity index (χ0v) is 13.4. The van der Waals surface area contributed by atoms with E-state index in [-0.39, 0.29) is 26.2 Å². The molecule has 0 radical (unpaired) electrons. The lowest BCUT2D eigenvalue weighted by Gasteiger charge is -2.20. The molecular formula is C12H14BrFN2O4S. The molecule has 1 aromatic carbocycles. The lowest BCUT2D eigenvalue weighted by molar-refractivity contribution is 0.147. The third-order valence-electron chi connectivity index (χ3n) is 3.24. The van der Waals surface area contributed by atoms with Gasteiger partial charge in [0.2, 0.25) is 10.0 Å². The molecule has 1 saturated heterocycles. The molecule has 9 heteroatoms. The van der Waals surface area contributed by atoms with Gasteiger partial charge in [0.05, 0.1) is 0 Å². The number of benzene rings is 1. The number of carboxylic acid groups (broad SMARTS) is 1. The van der Waals surface area contributed by atoms with E-state index in [1.165, 1.54) is 12.1 Å². The van der Waals surface area contributed by atoms with E-state index in [1.54, 1.807) is 0 Å². The molecule has 0 aliphatic carbocycles. The highest BCUT2D eigenvalue weighted by molar-refractivity contribution is 9.10. The third-order valence-corrected chi connectivity index (χ3v) is 5.66. The second-order valence-corrected chi connectivity index (χ2v) is 7.42. The van der Waals surface area contributed by atoms with Crippen LogP contribution >= 0.6 is 15.9 Å². The summed E-state index contributed by atoms with van der Waals surface area (Å²) in [7, 11) is -3.96. The van der Waals surface area contributed by atoms with Crippen LogP contribution in [0.15, 0.2) is 27.6 Å². The fraction of sp³-hybridized carbons (Fsp3) is 0.417. The van der Waals surface area contributed by atoms with E-state index in [9.17, 15) is 17.6 Å². The lowest BCUT2D eigenvalue weighted by atomic mass is 10.3. The summed E-state index contributed by atoms with van der Waals surface area (Å²) >= 11 is 3.07. The predicted molar refractivity (Wildman–Crippen MR) is 77.1 cm³/mol. The van der Waals surface area contributed by atoms with E-state index in [1.807, 2.05) is 0 Å². The maximum atomic E-state index is 13.9. The molecule has 1 fully saturated rings. The Morgan fingerprint density at radius 3 is 2.57 bits per heavy atom. The van der Waals surface area contributed by atoms with Crippen molar-refractivity contribution >= 4 is 32.0 Å². The van der Waals surface area contributed by atoms with Crippen LogP contribution in [0.3, 0.4) is 0 Å². The number of rotatable bonds is 2. The second kappa shape index (κ2) is 6.29. The van der Waals surface area contributed by atoms with Gasteiger partial charge in [-0.05, 0) is 24.6 Å². The van der Waals surface area contributed by atoms with Crippen molar-refractivity contribution in [2.45, 2.75) is 11.3 Å². The number of halogens is 2.